The smallest absolute Gasteiger partial charge is 0.122 e. The molecule has 0 spiro atoms. The highest BCUT2D eigenvalue weighted by atomic mass is 16.5. The van der Waals surface area contributed by atoms with Crippen molar-refractivity contribution in [3.05, 3.63) is 28.8 Å². The molecule has 1 atom stereocenters. The van der Waals surface area contributed by atoms with E-state index in [1.165, 1.54) is 29.7 Å². The van der Waals surface area contributed by atoms with Gasteiger partial charge in [-0.05, 0) is 56.0 Å². The van der Waals surface area contributed by atoms with Gasteiger partial charge in [-0.25, -0.2) is 0 Å². The molecule has 1 heterocycles. The highest BCUT2D eigenvalue weighted by molar-refractivity contribution is 5.44. The first kappa shape index (κ1) is 15.3. The predicted octanol–water partition coefficient (Wildman–Crippen LogP) is 3.06. The quantitative estimate of drug-likeness (QED) is 0.914. The van der Waals surface area contributed by atoms with E-state index in [9.17, 15) is 0 Å². The summed E-state index contributed by atoms with van der Waals surface area (Å²) < 4.78 is 5.44. The largest absolute Gasteiger partial charge is 0.496 e. The van der Waals surface area contributed by atoms with Crippen LogP contribution >= 0.6 is 0 Å². The molecular formula is C17H28N2O. The summed E-state index contributed by atoms with van der Waals surface area (Å²) in [5.41, 5.74) is 4.12. The molecule has 112 valence electrons. The highest BCUT2D eigenvalue weighted by Crippen LogP contribution is 2.32. The summed E-state index contributed by atoms with van der Waals surface area (Å²) in [7, 11) is 1.75. The van der Waals surface area contributed by atoms with E-state index in [4.69, 9.17) is 4.74 Å². The molecule has 3 nitrogen and oxygen atoms in total. The molecule has 20 heavy (non-hydrogen) atoms. The average Bonchev–Trinajstić information content (AvgIpc) is 2.74. The van der Waals surface area contributed by atoms with Crippen LogP contribution in [-0.4, -0.2) is 38.2 Å². The first-order valence-corrected chi connectivity index (χ1v) is 7.77. The maximum absolute atomic E-state index is 5.44. The van der Waals surface area contributed by atoms with E-state index in [0.717, 1.165) is 31.8 Å². The van der Waals surface area contributed by atoms with Gasteiger partial charge in [-0.1, -0.05) is 13.0 Å². The van der Waals surface area contributed by atoms with Gasteiger partial charge < -0.3 is 10.1 Å². The fourth-order valence-electron chi connectivity index (χ4n) is 3.25. The van der Waals surface area contributed by atoms with E-state index < -0.39 is 0 Å². The maximum Gasteiger partial charge on any atom is 0.122 e. The molecule has 3 heteroatoms. The fraction of sp³-hybridized carbons (Fsp3) is 0.647. The summed E-state index contributed by atoms with van der Waals surface area (Å²) in [6, 6.07) is 4.91. The minimum Gasteiger partial charge on any atom is -0.496 e. The van der Waals surface area contributed by atoms with Gasteiger partial charge in [-0.15, -0.1) is 0 Å². The second kappa shape index (κ2) is 7.09. The summed E-state index contributed by atoms with van der Waals surface area (Å²) in [5, 5.41) is 3.49. The monoisotopic (exact) mass is 276 g/mol. The van der Waals surface area contributed by atoms with Crippen LogP contribution in [0.2, 0.25) is 0 Å². The van der Waals surface area contributed by atoms with Crippen LogP contribution in [0.25, 0.3) is 0 Å². The van der Waals surface area contributed by atoms with Crippen molar-refractivity contribution in [2.45, 2.75) is 39.7 Å². The van der Waals surface area contributed by atoms with E-state index in [-0.39, 0.29) is 0 Å². The van der Waals surface area contributed by atoms with Gasteiger partial charge in [-0.3, -0.25) is 4.90 Å². The molecule has 0 aliphatic carbocycles. The Balaban J connectivity index is 2.29. The first-order valence-electron chi connectivity index (χ1n) is 7.77. The molecule has 1 aliphatic rings. The Hall–Kier alpha value is -1.06. The Labute approximate surface area is 123 Å². The minimum absolute atomic E-state index is 0.527. The Morgan fingerprint density at radius 3 is 2.70 bits per heavy atom. The van der Waals surface area contributed by atoms with Gasteiger partial charge in [0.25, 0.3) is 0 Å². The standard InChI is InChI=1S/C17H28N2O/c1-5-16(19-11-6-9-18-10-12-19)15-7-8-17(20-4)14(3)13(15)2/h7-8,16,18H,5-6,9-12H2,1-4H3. The maximum atomic E-state index is 5.44. The summed E-state index contributed by atoms with van der Waals surface area (Å²) >= 11 is 0. The molecule has 2 rings (SSSR count). The second-order valence-corrected chi connectivity index (χ2v) is 5.67. The zero-order valence-corrected chi connectivity index (χ0v) is 13.3. The zero-order chi connectivity index (χ0) is 14.5. The minimum atomic E-state index is 0.527. The Morgan fingerprint density at radius 2 is 2.00 bits per heavy atom. The first-order chi connectivity index (χ1) is 9.69. The number of hydrogen-bond acceptors (Lipinski definition) is 3. The van der Waals surface area contributed by atoms with Crippen LogP contribution in [0.4, 0.5) is 0 Å². The van der Waals surface area contributed by atoms with Crippen molar-refractivity contribution in [2.24, 2.45) is 0 Å². The molecule has 1 aromatic rings. The Bertz CT molecular complexity index is 437. The number of hydrogen-bond donors (Lipinski definition) is 1. The lowest BCUT2D eigenvalue weighted by molar-refractivity contribution is 0.204. The van der Waals surface area contributed by atoms with Gasteiger partial charge in [-0.2, -0.15) is 0 Å². The molecule has 0 saturated carbocycles. The van der Waals surface area contributed by atoms with Gasteiger partial charge in [0.05, 0.1) is 7.11 Å². The van der Waals surface area contributed by atoms with Crippen LogP contribution in [-0.2, 0) is 0 Å². The number of rotatable bonds is 4. The molecule has 1 aromatic carbocycles. The molecule has 0 bridgehead atoms. The lowest BCUT2D eigenvalue weighted by atomic mass is 9.94. The molecular weight excluding hydrogens is 248 g/mol. The molecule has 1 N–H and O–H groups in total. The number of nitrogens with one attached hydrogen (secondary N) is 1. The van der Waals surface area contributed by atoms with Crippen molar-refractivity contribution in [1.29, 1.82) is 0 Å². The zero-order valence-electron chi connectivity index (χ0n) is 13.3. The molecule has 1 unspecified atom stereocenters. The van der Waals surface area contributed by atoms with Gasteiger partial charge in [0.1, 0.15) is 5.75 Å². The SMILES string of the molecule is CCC(c1ccc(OC)c(C)c1C)N1CCCNCC1. The van der Waals surface area contributed by atoms with Crippen molar-refractivity contribution in [3.63, 3.8) is 0 Å². The number of ether oxygens (including phenoxy) is 1. The summed E-state index contributed by atoms with van der Waals surface area (Å²) in [6.45, 7) is 11.3. The number of methoxy groups -OCH3 is 1. The van der Waals surface area contributed by atoms with Gasteiger partial charge in [0, 0.05) is 25.7 Å². The molecule has 1 saturated heterocycles. The van der Waals surface area contributed by atoms with Crippen molar-refractivity contribution in [2.75, 3.05) is 33.3 Å². The van der Waals surface area contributed by atoms with Crippen molar-refractivity contribution >= 4 is 0 Å². The van der Waals surface area contributed by atoms with E-state index in [0.29, 0.717) is 6.04 Å². The normalized spacial score (nSPS) is 18.6. The molecule has 0 radical (unpaired) electrons. The van der Waals surface area contributed by atoms with E-state index in [1.54, 1.807) is 7.11 Å². The summed E-state index contributed by atoms with van der Waals surface area (Å²) in [4.78, 5) is 2.63. The van der Waals surface area contributed by atoms with Crippen LogP contribution in [0.3, 0.4) is 0 Å². The topological polar surface area (TPSA) is 24.5 Å². The summed E-state index contributed by atoms with van der Waals surface area (Å²) in [5.74, 6) is 0.999. The van der Waals surface area contributed by atoms with Crippen LogP contribution < -0.4 is 10.1 Å². The van der Waals surface area contributed by atoms with Crippen molar-refractivity contribution in [3.8, 4) is 5.75 Å². The van der Waals surface area contributed by atoms with Gasteiger partial charge in [0.15, 0.2) is 0 Å². The van der Waals surface area contributed by atoms with E-state index >= 15 is 0 Å². The van der Waals surface area contributed by atoms with Crippen LogP contribution in [0, 0.1) is 13.8 Å². The fourth-order valence-corrected chi connectivity index (χ4v) is 3.25. The van der Waals surface area contributed by atoms with Crippen LogP contribution in [0.1, 0.15) is 42.5 Å². The summed E-state index contributed by atoms with van der Waals surface area (Å²) in [6.07, 6.45) is 2.40. The Kier molecular flexibility index (Phi) is 5.44. The van der Waals surface area contributed by atoms with E-state index in [2.05, 4.69) is 43.1 Å². The van der Waals surface area contributed by atoms with Crippen molar-refractivity contribution in [1.82, 2.24) is 10.2 Å². The molecule has 1 fully saturated rings. The molecule has 0 aromatic heterocycles. The van der Waals surface area contributed by atoms with Crippen LogP contribution in [0.5, 0.6) is 5.75 Å². The van der Waals surface area contributed by atoms with E-state index in [1.807, 2.05) is 0 Å². The number of nitrogens with zero attached hydrogens (tertiary/aromatic N) is 1. The third-order valence-corrected chi connectivity index (χ3v) is 4.56. The lowest BCUT2D eigenvalue weighted by Gasteiger charge is -2.31. The third-order valence-electron chi connectivity index (χ3n) is 4.56. The number of benzene rings is 1. The lowest BCUT2D eigenvalue weighted by Crippen LogP contribution is -2.32. The van der Waals surface area contributed by atoms with Crippen molar-refractivity contribution < 1.29 is 4.74 Å². The third kappa shape index (κ3) is 3.15. The van der Waals surface area contributed by atoms with Gasteiger partial charge >= 0.3 is 0 Å². The molecule has 0 amide bonds. The van der Waals surface area contributed by atoms with Crippen LogP contribution in [0.15, 0.2) is 12.1 Å². The second-order valence-electron chi connectivity index (χ2n) is 5.67. The predicted molar refractivity (Wildman–Crippen MR) is 84.6 cm³/mol. The molecule has 1 aliphatic heterocycles. The average molecular weight is 276 g/mol. The highest BCUT2D eigenvalue weighted by Gasteiger charge is 2.22. The Morgan fingerprint density at radius 1 is 1.20 bits per heavy atom. The van der Waals surface area contributed by atoms with Gasteiger partial charge in [0.2, 0.25) is 0 Å².